The standard InChI is InChI=1S/C12H12ClNO3/c13-8-1-2-10-7(3-8)4-11(17-10)12(15)14-9-5-16-6-9/h1-3,9,11H,4-6H2,(H,14,15). The smallest absolute Gasteiger partial charge is 0.261 e. The SMILES string of the molecule is O=C(NC1COC1)C1Cc2cc(Cl)ccc2O1. The van der Waals surface area contributed by atoms with E-state index in [1.165, 1.54) is 0 Å². The molecule has 2 heterocycles. The Bertz CT molecular complexity index is 459. The van der Waals surface area contributed by atoms with E-state index >= 15 is 0 Å². The average molecular weight is 254 g/mol. The van der Waals surface area contributed by atoms with E-state index in [0.29, 0.717) is 24.7 Å². The van der Waals surface area contributed by atoms with Gasteiger partial charge in [0.2, 0.25) is 0 Å². The van der Waals surface area contributed by atoms with Crippen LogP contribution in [0.4, 0.5) is 0 Å². The zero-order valence-electron chi connectivity index (χ0n) is 9.11. The van der Waals surface area contributed by atoms with E-state index in [2.05, 4.69) is 5.32 Å². The minimum absolute atomic E-state index is 0.0781. The number of benzene rings is 1. The summed E-state index contributed by atoms with van der Waals surface area (Å²) in [6.45, 7) is 1.19. The molecule has 90 valence electrons. The highest BCUT2D eigenvalue weighted by Crippen LogP contribution is 2.31. The molecule has 17 heavy (non-hydrogen) atoms. The zero-order chi connectivity index (χ0) is 11.8. The Kier molecular flexibility index (Phi) is 2.68. The monoisotopic (exact) mass is 253 g/mol. The molecule has 0 spiro atoms. The molecule has 1 amide bonds. The number of hydrogen-bond donors (Lipinski definition) is 1. The van der Waals surface area contributed by atoms with Crippen LogP contribution in [-0.2, 0) is 16.0 Å². The normalized spacial score (nSPS) is 22.5. The fraction of sp³-hybridized carbons (Fsp3) is 0.417. The van der Waals surface area contributed by atoms with Gasteiger partial charge >= 0.3 is 0 Å². The number of nitrogens with one attached hydrogen (secondary N) is 1. The van der Waals surface area contributed by atoms with E-state index in [-0.39, 0.29) is 11.9 Å². The van der Waals surface area contributed by atoms with Gasteiger partial charge in [0.25, 0.3) is 5.91 Å². The topological polar surface area (TPSA) is 47.6 Å². The Balaban J connectivity index is 1.66. The number of carbonyl (C=O) groups is 1. The van der Waals surface area contributed by atoms with E-state index in [9.17, 15) is 4.79 Å². The highest BCUT2D eigenvalue weighted by Gasteiger charge is 2.31. The van der Waals surface area contributed by atoms with Crippen molar-refractivity contribution in [2.45, 2.75) is 18.6 Å². The van der Waals surface area contributed by atoms with Crippen molar-refractivity contribution in [1.29, 1.82) is 0 Å². The summed E-state index contributed by atoms with van der Waals surface area (Å²) in [7, 11) is 0. The Labute approximate surface area is 104 Å². The lowest BCUT2D eigenvalue weighted by molar-refractivity contribution is -0.131. The maximum atomic E-state index is 11.9. The summed E-state index contributed by atoms with van der Waals surface area (Å²) in [5.74, 6) is 0.671. The molecular weight excluding hydrogens is 242 g/mol. The molecule has 4 nitrogen and oxygen atoms in total. The van der Waals surface area contributed by atoms with Gasteiger partial charge in [0.05, 0.1) is 19.3 Å². The first kappa shape index (κ1) is 10.9. The van der Waals surface area contributed by atoms with Crippen LogP contribution in [0.1, 0.15) is 5.56 Å². The molecule has 1 saturated heterocycles. The van der Waals surface area contributed by atoms with E-state index < -0.39 is 6.10 Å². The molecule has 2 aliphatic rings. The van der Waals surface area contributed by atoms with E-state index in [1.54, 1.807) is 12.1 Å². The molecule has 1 atom stereocenters. The summed E-state index contributed by atoms with van der Waals surface area (Å²) in [5.41, 5.74) is 0.988. The molecule has 1 unspecified atom stereocenters. The molecule has 0 bridgehead atoms. The van der Waals surface area contributed by atoms with Crippen molar-refractivity contribution in [3.8, 4) is 5.75 Å². The third-order valence-electron chi connectivity index (χ3n) is 2.97. The molecule has 5 heteroatoms. The Hall–Kier alpha value is -1.26. The number of hydrogen-bond acceptors (Lipinski definition) is 3. The lowest BCUT2D eigenvalue weighted by Gasteiger charge is -2.27. The molecule has 0 radical (unpaired) electrons. The van der Waals surface area contributed by atoms with Gasteiger partial charge in [-0.25, -0.2) is 0 Å². The summed E-state index contributed by atoms with van der Waals surface area (Å²) < 4.78 is 10.6. The maximum absolute atomic E-state index is 11.9. The largest absolute Gasteiger partial charge is 0.480 e. The van der Waals surface area contributed by atoms with Crippen LogP contribution in [0.5, 0.6) is 5.75 Å². The molecule has 3 rings (SSSR count). The van der Waals surface area contributed by atoms with Gasteiger partial charge in [-0.3, -0.25) is 4.79 Å². The average Bonchev–Trinajstić information content (AvgIpc) is 2.65. The van der Waals surface area contributed by atoms with Crippen molar-refractivity contribution in [2.24, 2.45) is 0 Å². The number of rotatable bonds is 2. The van der Waals surface area contributed by atoms with Crippen molar-refractivity contribution in [3.63, 3.8) is 0 Å². The van der Waals surface area contributed by atoms with Gasteiger partial charge in [-0.05, 0) is 23.8 Å². The first-order valence-electron chi connectivity index (χ1n) is 5.55. The molecule has 1 fully saturated rings. The second-order valence-corrected chi connectivity index (χ2v) is 4.74. The number of amides is 1. The predicted octanol–water partition coefficient (Wildman–Crippen LogP) is 1.16. The van der Waals surface area contributed by atoms with Crippen LogP contribution in [0.25, 0.3) is 0 Å². The van der Waals surface area contributed by atoms with Crippen LogP contribution < -0.4 is 10.1 Å². The molecule has 1 N–H and O–H groups in total. The summed E-state index contributed by atoms with van der Waals surface area (Å²) in [6, 6.07) is 5.55. The van der Waals surface area contributed by atoms with Gasteiger partial charge < -0.3 is 14.8 Å². The third-order valence-corrected chi connectivity index (χ3v) is 3.21. The molecule has 0 saturated carbocycles. The lowest BCUT2D eigenvalue weighted by atomic mass is 10.1. The van der Waals surface area contributed by atoms with Gasteiger partial charge in [0.15, 0.2) is 6.10 Å². The van der Waals surface area contributed by atoms with Crippen molar-refractivity contribution in [2.75, 3.05) is 13.2 Å². The number of ether oxygens (including phenoxy) is 2. The molecule has 0 aromatic heterocycles. The van der Waals surface area contributed by atoms with Crippen molar-refractivity contribution in [3.05, 3.63) is 28.8 Å². The molecule has 1 aromatic rings. The van der Waals surface area contributed by atoms with Gasteiger partial charge in [-0.15, -0.1) is 0 Å². The minimum atomic E-state index is -0.441. The first-order chi connectivity index (χ1) is 8.22. The minimum Gasteiger partial charge on any atom is -0.480 e. The van der Waals surface area contributed by atoms with Gasteiger partial charge in [-0.2, -0.15) is 0 Å². The Morgan fingerprint density at radius 3 is 2.94 bits per heavy atom. The van der Waals surface area contributed by atoms with E-state index in [4.69, 9.17) is 21.1 Å². The predicted molar refractivity (Wildman–Crippen MR) is 62.3 cm³/mol. The van der Waals surface area contributed by atoms with Gasteiger partial charge in [0.1, 0.15) is 5.75 Å². The van der Waals surface area contributed by atoms with Crippen molar-refractivity contribution >= 4 is 17.5 Å². The second kappa shape index (κ2) is 4.20. The zero-order valence-corrected chi connectivity index (χ0v) is 9.87. The fourth-order valence-electron chi connectivity index (χ4n) is 1.98. The summed E-state index contributed by atoms with van der Waals surface area (Å²) >= 11 is 5.89. The van der Waals surface area contributed by atoms with Crippen LogP contribution in [0.15, 0.2) is 18.2 Å². The fourth-order valence-corrected chi connectivity index (χ4v) is 2.17. The Morgan fingerprint density at radius 1 is 1.41 bits per heavy atom. The highest BCUT2D eigenvalue weighted by molar-refractivity contribution is 6.30. The molecule has 1 aromatic carbocycles. The van der Waals surface area contributed by atoms with E-state index in [1.807, 2.05) is 6.07 Å². The van der Waals surface area contributed by atoms with Crippen LogP contribution in [-0.4, -0.2) is 31.3 Å². The number of fused-ring (bicyclic) bond motifs is 1. The lowest BCUT2D eigenvalue weighted by Crippen LogP contribution is -2.52. The van der Waals surface area contributed by atoms with Gasteiger partial charge in [0, 0.05) is 11.4 Å². The Morgan fingerprint density at radius 2 is 2.24 bits per heavy atom. The highest BCUT2D eigenvalue weighted by atomic mass is 35.5. The molecule has 2 aliphatic heterocycles. The van der Waals surface area contributed by atoms with Crippen molar-refractivity contribution in [1.82, 2.24) is 5.32 Å². The quantitative estimate of drug-likeness (QED) is 0.860. The summed E-state index contributed by atoms with van der Waals surface area (Å²) in [4.78, 5) is 11.9. The maximum Gasteiger partial charge on any atom is 0.261 e. The summed E-state index contributed by atoms with van der Waals surface area (Å²) in [6.07, 6.45) is 0.138. The van der Waals surface area contributed by atoms with Crippen LogP contribution in [0.3, 0.4) is 0 Å². The van der Waals surface area contributed by atoms with Crippen LogP contribution in [0, 0.1) is 0 Å². The van der Waals surface area contributed by atoms with Crippen molar-refractivity contribution < 1.29 is 14.3 Å². The summed E-state index contributed by atoms with van der Waals surface area (Å²) in [5, 5.41) is 3.55. The van der Waals surface area contributed by atoms with Gasteiger partial charge in [-0.1, -0.05) is 11.6 Å². The number of halogens is 1. The van der Waals surface area contributed by atoms with Crippen LogP contribution in [0.2, 0.25) is 5.02 Å². The van der Waals surface area contributed by atoms with E-state index in [0.717, 1.165) is 11.3 Å². The third kappa shape index (κ3) is 2.10. The second-order valence-electron chi connectivity index (χ2n) is 4.31. The van der Waals surface area contributed by atoms with Crippen LogP contribution >= 0.6 is 11.6 Å². The first-order valence-corrected chi connectivity index (χ1v) is 5.93. The molecular formula is C12H12ClNO3. The number of carbonyl (C=O) groups excluding carboxylic acids is 1. The molecule has 0 aliphatic carbocycles.